The number of carbonyl (C=O) groups excluding carboxylic acids is 5. The number of rotatable bonds is 9. The third-order valence-corrected chi connectivity index (χ3v) is 6.71. The molecule has 2 N–H and O–H groups in total. The Labute approximate surface area is 203 Å². The van der Waals surface area contributed by atoms with Crippen molar-refractivity contribution < 1.29 is 33.9 Å². The molecule has 1 saturated heterocycles. The molecule has 1 aromatic carbocycles. The van der Waals surface area contributed by atoms with E-state index in [0.717, 1.165) is 9.80 Å². The number of hydrogen-bond acceptors (Lipinski definition) is 7. The maximum atomic E-state index is 13.3. The number of nitrogens with zero attached hydrogens (tertiary/aromatic N) is 3. The van der Waals surface area contributed by atoms with E-state index >= 15 is 0 Å². The molecule has 0 bridgehead atoms. The quantitative estimate of drug-likeness (QED) is 0.480. The van der Waals surface area contributed by atoms with Crippen molar-refractivity contribution in [1.82, 2.24) is 20.0 Å². The monoisotopic (exact) mass is 486 g/mol. The average Bonchev–Trinajstić information content (AvgIpc) is 3.07. The van der Waals surface area contributed by atoms with E-state index in [-0.39, 0.29) is 24.0 Å². The number of imide groups is 2. The zero-order chi connectivity index (χ0) is 26.1. The first kappa shape index (κ1) is 26.0. The second kappa shape index (κ2) is 9.95. The Morgan fingerprint density at radius 2 is 1.66 bits per heavy atom. The molecule has 0 spiro atoms. The molecule has 35 heavy (non-hydrogen) atoms. The van der Waals surface area contributed by atoms with Gasteiger partial charge in [-0.1, -0.05) is 26.0 Å². The lowest BCUT2D eigenvalue weighted by Crippen LogP contribution is -2.65. The summed E-state index contributed by atoms with van der Waals surface area (Å²) < 4.78 is 0. The fourth-order valence-corrected chi connectivity index (χ4v) is 4.51. The highest BCUT2D eigenvalue weighted by Gasteiger charge is 2.49. The van der Waals surface area contributed by atoms with Gasteiger partial charge in [-0.25, -0.2) is 4.79 Å². The highest BCUT2D eigenvalue weighted by molar-refractivity contribution is 6.23. The van der Waals surface area contributed by atoms with Crippen LogP contribution in [-0.2, 0) is 19.2 Å². The Balaban J connectivity index is 1.84. The van der Waals surface area contributed by atoms with Crippen LogP contribution in [0.15, 0.2) is 24.3 Å². The fraction of sp³-hybridized carbons (Fsp3) is 0.500. The summed E-state index contributed by atoms with van der Waals surface area (Å²) in [6.45, 7) is 7.09. The summed E-state index contributed by atoms with van der Waals surface area (Å²) in [5.74, 6) is -4.76. The molecule has 0 saturated carbocycles. The van der Waals surface area contributed by atoms with Crippen molar-refractivity contribution in [1.29, 1.82) is 0 Å². The minimum atomic E-state index is -1.98. The SMILES string of the molecule is CCN(CC)C(C)C(=O)N[C@@](C)(CN1C(=O)CC[C@H](N2C(=O)c3ccccc3C2=O)C1=O)C(=O)O. The van der Waals surface area contributed by atoms with Gasteiger partial charge in [0.15, 0.2) is 5.54 Å². The van der Waals surface area contributed by atoms with E-state index < -0.39 is 59.7 Å². The maximum absolute atomic E-state index is 13.3. The van der Waals surface area contributed by atoms with Gasteiger partial charge in [0.05, 0.1) is 23.7 Å². The van der Waals surface area contributed by atoms with Crippen LogP contribution in [0.4, 0.5) is 0 Å². The van der Waals surface area contributed by atoms with E-state index in [9.17, 15) is 33.9 Å². The summed E-state index contributed by atoms with van der Waals surface area (Å²) in [5, 5.41) is 12.4. The van der Waals surface area contributed by atoms with E-state index in [1.54, 1.807) is 19.1 Å². The standard InChI is InChI=1S/C24H30N4O7/c1-5-26(6-2)14(3)19(30)25-24(4,23(34)35)13-27-18(29)12-11-17(22(27)33)28-20(31)15-9-7-8-10-16(15)21(28)32/h7-10,14,17H,5-6,11-13H2,1-4H3,(H,25,30)(H,34,35)/t14?,17-,24-/m0/s1. The largest absolute Gasteiger partial charge is 0.479 e. The Kier molecular flexibility index (Phi) is 7.39. The molecule has 5 amide bonds. The molecule has 1 fully saturated rings. The number of hydrogen-bond donors (Lipinski definition) is 2. The Morgan fingerprint density at radius 1 is 1.11 bits per heavy atom. The molecule has 3 rings (SSSR count). The lowest BCUT2D eigenvalue weighted by Gasteiger charge is -2.39. The molecule has 188 valence electrons. The first-order valence-corrected chi connectivity index (χ1v) is 11.6. The van der Waals surface area contributed by atoms with Crippen molar-refractivity contribution in [2.45, 2.75) is 58.2 Å². The topological polar surface area (TPSA) is 144 Å². The summed E-state index contributed by atoms with van der Waals surface area (Å²) in [5.41, 5.74) is -1.64. The Morgan fingerprint density at radius 3 is 2.14 bits per heavy atom. The molecule has 11 heteroatoms. The van der Waals surface area contributed by atoms with Gasteiger partial charge < -0.3 is 10.4 Å². The van der Waals surface area contributed by atoms with Crippen LogP contribution >= 0.6 is 0 Å². The van der Waals surface area contributed by atoms with E-state index in [1.807, 2.05) is 18.7 Å². The van der Waals surface area contributed by atoms with Gasteiger partial charge in [0.25, 0.3) is 17.7 Å². The van der Waals surface area contributed by atoms with Crippen LogP contribution in [0.3, 0.4) is 0 Å². The summed E-state index contributed by atoms with van der Waals surface area (Å²) >= 11 is 0. The summed E-state index contributed by atoms with van der Waals surface area (Å²) in [4.78, 5) is 80.1. The van der Waals surface area contributed by atoms with Gasteiger partial charge in [0.1, 0.15) is 6.04 Å². The van der Waals surface area contributed by atoms with Crippen molar-refractivity contribution in [2.75, 3.05) is 19.6 Å². The molecular formula is C24H30N4O7. The molecule has 1 unspecified atom stereocenters. The number of aliphatic carboxylic acids is 1. The van der Waals surface area contributed by atoms with E-state index in [0.29, 0.717) is 13.1 Å². The average molecular weight is 487 g/mol. The number of likely N-dealkylation sites (tertiary alicyclic amines) is 1. The lowest BCUT2D eigenvalue weighted by molar-refractivity contribution is -0.157. The van der Waals surface area contributed by atoms with Crippen LogP contribution < -0.4 is 5.32 Å². The molecule has 0 aliphatic carbocycles. The number of fused-ring (bicyclic) bond motifs is 1. The van der Waals surface area contributed by atoms with Crippen LogP contribution in [0.1, 0.15) is 61.3 Å². The summed E-state index contributed by atoms with van der Waals surface area (Å²) in [7, 11) is 0. The lowest BCUT2D eigenvalue weighted by atomic mass is 9.96. The molecule has 2 aliphatic heterocycles. The third-order valence-electron chi connectivity index (χ3n) is 6.71. The van der Waals surface area contributed by atoms with Crippen molar-refractivity contribution in [3.8, 4) is 0 Å². The van der Waals surface area contributed by atoms with Gasteiger partial charge in [-0.05, 0) is 45.5 Å². The normalized spacial score (nSPS) is 20.7. The minimum absolute atomic E-state index is 0.0607. The van der Waals surface area contributed by atoms with Crippen LogP contribution in [0, 0.1) is 0 Å². The number of benzene rings is 1. The van der Waals surface area contributed by atoms with Crippen LogP contribution in [0.2, 0.25) is 0 Å². The fourth-order valence-electron chi connectivity index (χ4n) is 4.51. The van der Waals surface area contributed by atoms with Crippen molar-refractivity contribution in [3.63, 3.8) is 0 Å². The Hall–Kier alpha value is -3.60. The van der Waals surface area contributed by atoms with Crippen molar-refractivity contribution in [3.05, 3.63) is 35.4 Å². The molecule has 3 atom stereocenters. The highest BCUT2D eigenvalue weighted by atomic mass is 16.4. The number of piperidine rings is 1. The van der Waals surface area contributed by atoms with Crippen molar-refractivity contribution in [2.24, 2.45) is 0 Å². The van der Waals surface area contributed by atoms with Gasteiger partial charge in [0, 0.05) is 6.42 Å². The number of carbonyl (C=O) groups is 6. The number of likely N-dealkylation sites (N-methyl/N-ethyl adjacent to an activating group) is 1. The number of nitrogens with one attached hydrogen (secondary N) is 1. The first-order chi connectivity index (χ1) is 16.5. The molecule has 2 heterocycles. The molecule has 1 aromatic rings. The van der Waals surface area contributed by atoms with Gasteiger partial charge in [-0.2, -0.15) is 0 Å². The Bertz CT molecular complexity index is 1050. The van der Waals surface area contributed by atoms with Crippen LogP contribution in [-0.4, -0.2) is 92.6 Å². The van der Waals surface area contributed by atoms with Gasteiger partial charge >= 0.3 is 5.97 Å². The number of amides is 5. The van der Waals surface area contributed by atoms with Crippen LogP contribution in [0.5, 0.6) is 0 Å². The van der Waals surface area contributed by atoms with Crippen molar-refractivity contribution >= 4 is 35.5 Å². The molecule has 0 aromatic heterocycles. The summed E-state index contributed by atoms with van der Waals surface area (Å²) in [6, 6.07) is 4.30. The maximum Gasteiger partial charge on any atom is 0.331 e. The third kappa shape index (κ3) is 4.68. The van der Waals surface area contributed by atoms with Gasteiger partial charge in [-0.3, -0.25) is 38.7 Å². The highest BCUT2D eigenvalue weighted by Crippen LogP contribution is 2.29. The predicted molar refractivity (Wildman–Crippen MR) is 123 cm³/mol. The second-order valence-electron chi connectivity index (χ2n) is 8.92. The van der Waals surface area contributed by atoms with Crippen LogP contribution in [0.25, 0.3) is 0 Å². The smallest absolute Gasteiger partial charge is 0.331 e. The van der Waals surface area contributed by atoms with E-state index in [1.165, 1.54) is 19.1 Å². The minimum Gasteiger partial charge on any atom is -0.479 e. The zero-order valence-electron chi connectivity index (χ0n) is 20.2. The van der Waals surface area contributed by atoms with Gasteiger partial charge in [0.2, 0.25) is 11.8 Å². The summed E-state index contributed by atoms with van der Waals surface area (Å²) in [6.07, 6.45) is -0.224. The second-order valence-corrected chi connectivity index (χ2v) is 8.92. The first-order valence-electron chi connectivity index (χ1n) is 11.6. The van der Waals surface area contributed by atoms with E-state index in [4.69, 9.17) is 0 Å². The number of carboxylic acid groups (broad SMARTS) is 1. The predicted octanol–water partition coefficient (Wildman–Crippen LogP) is 0.490. The molecular weight excluding hydrogens is 456 g/mol. The zero-order valence-corrected chi connectivity index (χ0v) is 20.2. The molecule has 0 radical (unpaired) electrons. The van der Waals surface area contributed by atoms with E-state index in [2.05, 4.69) is 5.32 Å². The van der Waals surface area contributed by atoms with Gasteiger partial charge in [-0.15, -0.1) is 0 Å². The molecule has 11 nitrogen and oxygen atoms in total. The molecule has 2 aliphatic rings. The number of carboxylic acids is 1.